The van der Waals surface area contributed by atoms with Crippen molar-refractivity contribution in [2.45, 2.75) is 12.4 Å². The number of halogens is 7. The molecule has 0 heterocycles. The van der Waals surface area contributed by atoms with Gasteiger partial charge in [-0.05, 0) is 28.1 Å². The van der Waals surface area contributed by atoms with E-state index in [2.05, 4.69) is 15.9 Å². The Morgan fingerprint density at radius 1 is 1.00 bits per heavy atom. The molecule has 15 heteroatoms. The Morgan fingerprint density at radius 2 is 1.60 bits per heavy atom. The average Bonchev–Trinajstić information content (AvgIpc) is 2.60. The van der Waals surface area contributed by atoms with Crippen molar-refractivity contribution in [1.82, 2.24) is 0 Å². The number of benzene rings is 2. The third-order valence-electron chi connectivity index (χ3n) is 3.62. The molecule has 0 fully saturated rings. The number of non-ortho nitro benzene ring substituents is 1. The van der Waals surface area contributed by atoms with Gasteiger partial charge in [0.2, 0.25) is 0 Å². The quantitative estimate of drug-likeness (QED) is 0.317. The summed E-state index contributed by atoms with van der Waals surface area (Å²) in [5.41, 5.74) is -8.84. The van der Waals surface area contributed by atoms with Crippen molar-refractivity contribution in [3.63, 3.8) is 0 Å². The maximum atomic E-state index is 13.4. The fourth-order valence-corrected chi connectivity index (χ4v) is 3.06. The molecule has 158 valence electrons. The van der Waals surface area contributed by atoms with Crippen LogP contribution < -0.4 is 5.32 Å². The molecule has 0 unspecified atom stereocenters. The van der Waals surface area contributed by atoms with E-state index < -0.39 is 66.1 Å². The maximum Gasteiger partial charge on any atom is 0.418 e. The highest BCUT2D eigenvalue weighted by Gasteiger charge is 2.41. The fourth-order valence-electron chi connectivity index (χ4n) is 2.39. The smallest absolute Gasteiger partial charge is 0.348 e. The molecular formula is C15H5BrF6N4O4. The summed E-state index contributed by atoms with van der Waals surface area (Å²) in [5.74, 6) is 0. The SMILES string of the molecule is N#Cc1ccc(Nc2c([N+](=O)[O-])cc([N+](=O)[O-])cc2C(F)(F)F)c(Br)c1C(F)(F)F. The normalized spacial score (nSPS) is 11.7. The topological polar surface area (TPSA) is 122 Å². The van der Waals surface area contributed by atoms with Crippen LogP contribution in [-0.4, -0.2) is 9.85 Å². The number of anilines is 2. The van der Waals surface area contributed by atoms with E-state index in [1.165, 1.54) is 6.07 Å². The van der Waals surface area contributed by atoms with Crippen LogP contribution in [0.15, 0.2) is 28.7 Å². The number of hydrogen-bond donors (Lipinski definition) is 1. The van der Waals surface area contributed by atoms with Crippen molar-refractivity contribution >= 4 is 38.7 Å². The van der Waals surface area contributed by atoms with Crippen LogP contribution in [0.25, 0.3) is 0 Å². The first-order valence-electron chi connectivity index (χ1n) is 7.29. The van der Waals surface area contributed by atoms with E-state index in [1.807, 2.05) is 5.32 Å². The summed E-state index contributed by atoms with van der Waals surface area (Å²) in [6, 6.07) is 2.97. The van der Waals surface area contributed by atoms with Gasteiger partial charge in [-0.15, -0.1) is 0 Å². The van der Waals surface area contributed by atoms with Crippen LogP contribution in [0.5, 0.6) is 0 Å². The van der Waals surface area contributed by atoms with Crippen LogP contribution in [0.1, 0.15) is 16.7 Å². The minimum absolute atomic E-state index is 0.0115. The lowest BCUT2D eigenvalue weighted by Gasteiger charge is -2.18. The predicted octanol–water partition coefficient (Wildman–Crippen LogP) is 5.92. The summed E-state index contributed by atoms with van der Waals surface area (Å²) in [6.45, 7) is 0. The molecule has 0 amide bonds. The summed E-state index contributed by atoms with van der Waals surface area (Å²) < 4.78 is 79.1. The Labute approximate surface area is 170 Å². The maximum absolute atomic E-state index is 13.4. The first kappa shape index (κ1) is 22.9. The van der Waals surface area contributed by atoms with Crippen molar-refractivity contribution in [1.29, 1.82) is 5.26 Å². The van der Waals surface area contributed by atoms with Crippen molar-refractivity contribution < 1.29 is 36.2 Å². The monoisotopic (exact) mass is 498 g/mol. The lowest BCUT2D eigenvalue weighted by molar-refractivity contribution is -0.394. The third kappa shape index (κ3) is 4.43. The van der Waals surface area contributed by atoms with Gasteiger partial charge >= 0.3 is 12.4 Å². The third-order valence-corrected chi connectivity index (χ3v) is 4.44. The highest BCUT2D eigenvalue weighted by molar-refractivity contribution is 9.10. The second-order valence-electron chi connectivity index (χ2n) is 5.48. The van der Waals surface area contributed by atoms with Gasteiger partial charge in [0.1, 0.15) is 5.69 Å². The summed E-state index contributed by atoms with van der Waals surface area (Å²) in [5, 5.41) is 32.8. The number of nitriles is 1. The number of alkyl halides is 6. The van der Waals surface area contributed by atoms with Crippen molar-refractivity contribution in [3.8, 4) is 6.07 Å². The molecule has 0 saturated carbocycles. The van der Waals surface area contributed by atoms with Gasteiger partial charge in [0, 0.05) is 6.07 Å². The molecule has 1 N–H and O–H groups in total. The van der Waals surface area contributed by atoms with E-state index in [0.29, 0.717) is 6.07 Å². The van der Waals surface area contributed by atoms with E-state index in [1.54, 1.807) is 0 Å². The number of nitrogens with zero attached hydrogens (tertiary/aromatic N) is 3. The van der Waals surface area contributed by atoms with Crippen LogP contribution in [0, 0.1) is 31.6 Å². The molecule has 0 saturated heterocycles. The minimum atomic E-state index is -5.33. The first-order valence-corrected chi connectivity index (χ1v) is 8.08. The lowest BCUT2D eigenvalue weighted by Crippen LogP contribution is -2.13. The number of hydrogen-bond acceptors (Lipinski definition) is 6. The standard InChI is InChI=1S/C15H5BrF6N4O4/c16-12-9(2-1-6(5-23)11(12)15(20,21)22)24-13-8(14(17,18)19)3-7(25(27)28)4-10(13)26(29)30/h1-4,24H. The second kappa shape index (κ2) is 7.78. The molecule has 0 spiro atoms. The van der Waals surface area contributed by atoms with Crippen molar-refractivity contribution in [3.05, 3.63) is 65.7 Å². The zero-order valence-corrected chi connectivity index (χ0v) is 15.5. The molecule has 8 nitrogen and oxygen atoms in total. The molecule has 0 bridgehead atoms. The number of nitrogens with one attached hydrogen (secondary N) is 1. The molecule has 0 aliphatic heterocycles. The van der Waals surface area contributed by atoms with Crippen LogP contribution >= 0.6 is 15.9 Å². The van der Waals surface area contributed by atoms with Crippen LogP contribution in [0.4, 0.5) is 49.1 Å². The van der Waals surface area contributed by atoms with E-state index in [4.69, 9.17) is 5.26 Å². The number of nitro benzene ring substituents is 2. The van der Waals surface area contributed by atoms with Crippen molar-refractivity contribution in [2.24, 2.45) is 0 Å². The van der Waals surface area contributed by atoms with Gasteiger partial charge in [0.25, 0.3) is 11.4 Å². The van der Waals surface area contributed by atoms with Gasteiger partial charge in [-0.25, -0.2) is 0 Å². The minimum Gasteiger partial charge on any atom is -0.348 e. The Kier molecular flexibility index (Phi) is 5.93. The molecule has 0 radical (unpaired) electrons. The second-order valence-corrected chi connectivity index (χ2v) is 6.28. The number of rotatable bonds is 4. The Hall–Kier alpha value is -3.41. The lowest BCUT2D eigenvalue weighted by atomic mass is 10.1. The molecular weight excluding hydrogens is 494 g/mol. The molecule has 30 heavy (non-hydrogen) atoms. The van der Waals surface area contributed by atoms with Gasteiger partial charge in [-0.1, -0.05) is 0 Å². The van der Waals surface area contributed by atoms with Gasteiger partial charge in [0.15, 0.2) is 0 Å². The summed E-state index contributed by atoms with van der Waals surface area (Å²) in [4.78, 5) is 19.4. The molecule has 0 aliphatic carbocycles. The molecule has 0 atom stereocenters. The van der Waals surface area contributed by atoms with Crippen molar-refractivity contribution in [2.75, 3.05) is 5.32 Å². The highest BCUT2D eigenvalue weighted by atomic mass is 79.9. The van der Waals surface area contributed by atoms with E-state index >= 15 is 0 Å². The fraction of sp³-hybridized carbons (Fsp3) is 0.133. The van der Waals surface area contributed by atoms with Gasteiger partial charge in [-0.3, -0.25) is 20.2 Å². The van der Waals surface area contributed by atoms with E-state index in [-0.39, 0.29) is 12.1 Å². The van der Waals surface area contributed by atoms with Gasteiger partial charge in [-0.2, -0.15) is 31.6 Å². The Morgan fingerprint density at radius 3 is 2.03 bits per heavy atom. The molecule has 2 aromatic carbocycles. The number of nitro groups is 2. The first-order chi connectivity index (χ1) is 13.7. The Balaban J connectivity index is 2.82. The Bertz CT molecular complexity index is 1090. The van der Waals surface area contributed by atoms with E-state index in [0.717, 1.165) is 6.07 Å². The van der Waals surface area contributed by atoms with Gasteiger partial charge < -0.3 is 5.32 Å². The highest BCUT2D eigenvalue weighted by Crippen LogP contribution is 2.46. The van der Waals surface area contributed by atoms with Gasteiger partial charge in [0.05, 0.1) is 48.8 Å². The largest absolute Gasteiger partial charge is 0.418 e. The van der Waals surface area contributed by atoms with Crippen LogP contribution in [-0.2, 0) is 12.4 Å². The predicted molar refractivity (Wildman–Crippen MR) is 91.9 cm³/mol. The summed E-state index contributed by atoms with van der Waals surface area (Å²) in [7, 11) is 0. The molecule has 2 rings (SSSR count). The molecule has 0 aromatic heterocycles. The molecule has 2 aromatic rings. The molecule has 0 aliphatic rings. The average molecular weight is 499 g/mol. The zero-order valence-electron chi connectivity index (χ0n) is 13.9. The van der Waals surface area contributed by atoms with Crippen LogP contribution in [0.3, 0.4) is 0 Å². The summed E-state index contributed by atoms with van der Waals surface area (Å²) in [6.07, 6.45) is -10.4. The van der Waals surface area contributed by atoms with E-state index in [9.17, 15) is 46.6 Å². The zero-order chi connectivity index (χ0) is 23.0. The van der Waals surface area contributed by atoms with Crippen LogP contribution in [0.2, 0.25) is 0 Å². The summed E-state index contributed by atoms with van der Waals surface area (Å²) >= 11 is 2.55.